The summed E-state index contributed by atoms with van der Waals surface area (Å²) in [6.45, 7) is 0.576. The summed E-state index contributed by atoms with van der Waals surface area (Å²) < 4.78 is 31.8. The fourth-order valence-electron chi connectivity index (χ4n) is 2.54. The monoisotopic (exact) mass is 384 g/mol. The highest BCUT2D eigenvalue weighted by molar-refractivity contribution is 6.03. The Morgan fingerprint density at radius 3 is 2.57 bits per heavy atom. The van der Waals surface area contributed by atoms with Gasteiger partial charge in [0, 0.05) is 25.0 Å². The van der Waals surface area contributed by atoms with Crippen LogP contribution in [-0.4, -0.2) is 29.5 Å². The van der Waals surface area contributed by atoms with Gasteiger partial charge in [0.05, 0.1) is 18.4 Å². The van der Waals surface area contributed by atoms with Crippen LogP contribution in [0.1, 0.15) is 15.9 Å². The maximum absolute atomic E-state index is 13.6. The zero-order valence-electron chi connectivity index (χ0n) is 15.1. The Morgan fingerprint density at radius 1 is 1.11 bits per heavy atom. The molecule has 3 aromatic rings. The Balaban J connectivity index is 1.56. The first kappa shape index (κ1) is 19.2. The van der Waals surface area contributed by atoms with Crippen LogP contribution in [0.4, 0.5) is 20.4 Å². The van der Waals surface area contributed by atoms with Crippen molar-refractivity contribution in [3.63, 3.8) is 0 Å². The van der Waals surface area contributed by atoms with E-state index in [1.54, 1.807) is 7.11 Å². The zero-order valence-corrected chi connectivity index (χ0v) is 15.1. The summed E-state index contributed by atoms with van der Waals surface area (Å²) in [6.07, 6.45) is 3.36. The third-order valence-electron chi connectivity index (χ3n) is 3.96. The summed E-state index contributed by atoms with van der Waals surface area (Å²) in [5.74, 6) is -0.998. The molecule has 0 saturated heterocycles. The minimum absolute atomic E-state index is 0.120. The molecule has 0 aliphatic carbocycles. The molecule has 0 aliphatic heterocycles. The molecule has 0 radical (unpaired) electrons. The van der Waals surface area contributed by atoms with Gasteiger partial charge < -0.3 is 15.4 Å². The predicted molar refractivity (Wildman–Crippen MR) is 102 cm³/mol. The number of ether oxygens (including phenoxy) is 1. The number of rotatable bonds is 7. The Bertz CT molecular complexity index is 965. The molecule has 0 spiro atoms. The molecule has 0 aliphatic rings. The van der Waals surface area contributed by atoms with Gasteiger partial charge in [0.1, 0.15) is 17.4 Å². The molecular weight excluding hydrogens is 366 g/mol. The van der Waals surface area contributed by atoms with Crippen molar-refractivity contribution in [3.05, 3.63) is 77.6 Å². The maximum atomic E-state index is 13.6. The first-order chi connectivity index (χ1) is 13.6. The second-order valence-corrected chi connectivity index (χ2v) is 5.86. The van der Waals surface area contributed by atoms with E-state index in [2.05, 4.69) is 20.6 Å². The number of methoxy groups -OCH3 is 1. The van der Waals surface area contributed by atoms with E-state index in [1.807, 2.05) is 24.3 Å². The van der Waals surface area contributed by atoms with E-state index in [4.69, 9.17) is 4.74 Å². The van der Waals surface area contributed by atoms with Gasteiger partial charge in [0.25, 0.3) is 5.91 Å². The van der Waals surface area contributed by atoms with Gasteiger partial charge in [0.2, 0.25) is 5.95 Å². The number of halogens is 2. The Kier molecular flexibility index (Phi) is 6.11. The Hall–Kier alpha value is -3.55. The third-order valence-corrected chi connectivity index (χ3v) is 3.96. The lowest BCUT2D eigenvalue weighted by Gasteiger charge is -2.09. The number of carbonyl (C=O) groups is 1. The van der Waals surface area contributed by atoms with Crippen molar-refractivity contribution < 1.29 is 18.3 Å². The van der Waals surface area contributed by atoms with Gasteiger partial charge in [-0.15, -0.1) is 0 Å². The molecule has 2 N–H and O–H groups in total. The molecule has 144 valence electrons. The van der Waals surface area contributed by atoms with Crippen molar-refractivity contribution in [2.45, 2.75) is 6.42 Å². The van der Waals surface area contributed by atoms with E-state index in [0.29, 0.717) is 25.0 Å². The molecule has 0 unspecified atom stereocenters. The van der Waals surface area contributed by atoms with Crippen LogP contribution < -0.4 is 15.4 Å². The molecule has 0 bridgehead atoms. The van der Waals surface area contributed by atoms with E-state index < -0.39 is 17.5 Å². The van der Waals surface area contributed by atoms with Crippen LogP contribution in [0.25, 0.3) is 0 Å². The molecule has 1 aromatic heterocycles. The summed E-state index contributed by atoms with van der Waals surface area (Å²) in [4.78, 5) is 20.3. The number of amides is 1. The van der Waals surface area contributed by atoms with Crippen LogP contribution in [0.3, 0.4) is 0 Å². The Morgan fingerprint density at radius 2 is 1.86 bits per heavy atom. The number of carbonyl (C=O) groups excluding carboxylic acids is 1. The molecular formula is C20H18F2N4O2. The van der Waals surface area contributed by atoms with Crippen LogP contribution in [0.15, 0.2) is 54.9 Å². The SMILES string of the molecule is COc1ccccc1CCNc1ncc(C(=O)Nc2ccc(F)cc2F)cn1. The number of anilines is 2. The third kappa shape index (κ3) is 4.79. The molecule has 8 heteroatoms. The highest BCUT2D eigenvalue weighted by Crippen LogP contribution is 2.18. The van der Waals surface area contributed by atoms with Gasteiger partial charge in [-0.1, -0.05) is 18.2 Å². The molecule has 0 fully saturated rings. The number of aromatic nitrogens is 2. The van der Waals surface area contributed by atoms with Gasteiger partial charge in [0.15, 0.2) is 0 Å². The van der Waals surface area contributed by atoms with Gasteiger partial charge in [-0.25, -0.2) is 18.7 Å². The van der Waals surface area contributed by atoms with Gasteiger partial charge in [-0.3, -0.25) is 4.79 Å². The molecule has 0 saturated carbocycles. The average Bonchev–Trinajstić information content (AvgIpc) is 2.71. The molecule has 1 heterocycles. The van der Waals surface area contributed by atoms with Crippen molar-refractivity contribution in [2.75, 3.05) is 24.3 Å². The lowest BCUT2D eigenvalue weighted by Crippen LogP contribution is -2.15. The van der Waals surface area contributed by atoms with E-state index in [9.17, 15) is 13.6 Å². The van der Waals surface area contributed by atoms with Crippen molar-refractivity contribution in [1.82, 2.24) is 9.97 Å². The second kappa shape index (κ2) is 8.90. The zero-order chi connectivity index (χ0) is 19.9. The quantitative estimate of drug-likeness (QED) is 0.650. The van der Waals surface area contributed by atoms with Gasteiger partial charge in [-0.2, -0.15) is 0 Å². The number of hydrogen-bond acceptors (Lipinski definition) is 5. The first-order valence-electron chi connectivity index (χ1n) is 8.51. The summed E-state index contributed by atoms with van der Waals surface area (Å²) in [6, 6.07) is 10.6. The standard InChI is InChI=1S/C20H18F2N4O2/c1-28-18-5-3-2-4-13(18)8-9-23-20-24-11-14(12-25-20)19(27)26-17-7-6-15(21)10-16(17)22/h2-7,10-12H,8-9H2,1H3,(H,26,27)(H,23,24,25). The summed E-state index contributed by atoms with van der Waals surface area (Å²) in [5.41, 5.74) is 1.08. The number of nitrogens with zero attached hydrogens (tertiary/aromatic N) is 2. The molecule has 0 atom stereocenters. The van der Waals surface area contributed by atoms with Crippen molar-refractivity contribution >= 4 is 17.5 Å². The Labute approximate surface area is 160 Å². The molecule has 1 amide bonds. The van der Waals surface area contributed by atoms with E-state index in [-0.39, 0.29) is 11.3 Å². The number of nitrogens with one attached hydrogen (secondary N) is 2. The highest BCUT2D eigenvalue weighted by atomic mass is 19.1. The second-order valence-electron chi connectivity index (χ2n) is 5.86. The fraction of sp³-hybridized carbons (Fsp3) is 0.150. The first-order valence-corrected chi connectivity index (χ1v) is 8.51. The minimum Gasteiger partial charge on any atom is -0.496 e. The lowest BCUT2D eigenvalue weighted by molar-refractivity contribution is 0.102. The normalized spacial score (nSPS) is 10.4. The van der Waals surface area contributed by atoms with Crippen molar-refractivity contribution in [1.29, 1.82) is 0 Å². The van der Waals surface area contributed by atoms with Gasteiger partial charge in [-0.05, 0) is 30.2 Å². The largest absolute Gasteiger partial charge is 0.496 e. The predicted octanol–water partition coefficient (Wildman–Crippen LogP) is 3.67. The molecule has 6 nitrogen and oxygen atoms in total. The minimum atomic E-state index is -0.858. The number of benzene rings is 2. The topological polar surface area (TPSA) is 76.1 Å². The number of hydrogen-bond donors (Lipinski definition) is 2. The van der Waals surface area contributed by atoms with Crippen LogP contribution in [0.5, 0.6) is 5.75 Å². The van der Waals surface area contributed by atoms with Crippen LogP contribution in [0.2, 0.25) is 0 Å². The molecule has 2 aromatic carbocycles. The summed E-state index contributed by atoms with van der Waals surface area (Å²) >= 11 is 0. The number of para-hydroxylation sites is 1. The van der Waals surface area contributed by atoms with Gasteiger partial charge >= 0.3 is 0 Å². The molecule has 3 rings (SSSR count). The maximum Gasteiger partial charge on any atom is 0.258 e. The van der Waals surface area contributed by atoms with Crippen LogP contribution in [0, 0.1) is 11.6 Å². The smallest absolute Gasteiger partial charge is 0.258 e. The fourth-order valence-corrected chi connectivity index (χ4v) is 2.54. The van der Waals surface area contributed by atoms with E-state index in [1.165, 1.54) is 12.4 Å². The van der Waals surface area contributed by atoms with Crippen LogP contribution in [-0.2, 0) is 6.42 Å². The van der Waals surface area contributed by atoms with Crippen molar-refractivity contribution in [3.8, 4) is 5.75 Å². The van der Waals surface area contributed by atoms with E-state index in [0.717, 1.165) is 23.4 Å². The average molecular weight is 384 g/mol. The molecule has 28 heavy (non-hydrogen) atoms. The summed E-state index contributed by atoms with van der Waals surface area (Å²) in [7, 11) is 1.62. The van der Waals surface area contributed by atoms with Crippen molar-refractivity contribution in [2.24, 2.45) is 0 Å². The lowest BCUT2D eigenvalue weighted by atomic mass is 10.1. The van der Waals surface area contributed by atoms with E-state index >= 15 is 0 Å². The summed E-state index contributed by atoms with van der Waals surface area (Å²) in [5, 5.41) is 5.42. The highest BCUT2D eigenvalue weighted by Gasteiger charge is 2.11. The van der Waals surface area contributed by atoms with Crippen LogP contribution >= 0.6 is 0 Å².